The summed E-state index contributed by atoms with van der Waals surface area (Å²) in [5.74, 6) is 1.23. The smallest absolute Gasteiger partial charge is 0.115 e. The van der Waals surface area contributed by atoms with E-state index in [4.69, 9.17) is 0 Å². The van der Waals surface area contributed by atoms with Gasteiger partial charge >= 0.3 is 0 Å². The van der Waals surface area contributed by atoms with E-state index >= 15 is 0 Å². The normalized spacial score (nSPS) is 21.4. The Morgan fingerprint density at radius 1 is 1.13 bits per heavy atom. The zero-order valence-corrected chi connectivity index (χ0v) is 9.24. The monoisotopic (exact) mass is 202 g/mol. The summed E-state index contributed by atoms with van der Waals surface area (Å²) < 4.78 is 0. The lowest BCUT2D eigenvalue weighted by Gasteiger charge is -2.20. The molecule has 0 saturated heterocycles. The predicted molar refractivity (Wildman–Crippen MR) is 63.7 cm³/mol. The van der Waals surface area contributed by atoms with Gasteiger partial charge in [-0.05, 0) is 49.3 Å². The lowest BCUT2D eigenvalue weighted by atomic mass is 9.86. The Labute approximate surface area is 91.4 Å². The van der Waals surface area contributed by atoms with E-state index in [-0.39, 0.29) is 0 Å². The van der Waals surface area contributed by atoms with Crippen molar-refractivity contribution in [2.45, 2.75) is 32.6 Å². The number of hydrogen-bond acceptors (Lipinski definition) is 1. The van der Waals surface area contributed by atoms with Crippen molar-refractivity contribution in [2.24, 2.45) is 5.92 Å². The first-order chi connectivity index (χ1) is 7.24. The standard InChI is InChI=1S/C14H18O/c1-11-2-4-12(5-3-11)10-13-6-8-14(15)9-7-13/h6-11,15H,2-5H2,1H3. The molecule has 0 radical (unpaired) electrons. The van der Waals surface area contributed by atoms with Gasteiger partial charge in [-0.25, -0.2) is 0 Å². The quantitative estimate of drug-likeness (QED) is 0.730. The average Bonchev–Trinajstić information content (AvgIpc) is 2.25. The molecule has 1 N–H and O–H groups in total. The first-order valence-electron chi connectivity index (χ1n) is 5.72. The Kier molecular flexibility index (Phi) is 3.10. The number of phenols is 1. The van der Waals surface area contributed by atoms with Crippen LogP contribution in [0.1, 0.15) is 38.2 Å². The third kappa shape index (κ3) is 2.85. The maximum absolute atomic E-state index is 9.18. The van der Waals surface area contributed by atoms with E-state index < -0.39 is 0 Å². The molecule has 0 spiro atoms. The highest BCUT2D eigenvalue weighted by molar-refractivity contribution is 5.54. The molecule has 80 valence electrons. The van der Waals surface area contributed by atoms with E-state index in [0.29, 0.717) is 5.75 Å². The van der Waals surface area contributed by atoms with Crippen molar-refractivity contribution in [3.8, 4) is 5.75 Å². The van der Waals surface area contributed by atoms with Crippen LogP contribution in [-0.4, -0.2) is 5.11 Å². The largest absolute Gasteiger partial charge is 0.508 e. The van der Waals surface area contributed by atoms with Gasteiger partial charge in [-0.2, -0.15) is 0 Å². The molecule has 1 nitrogen and oxygen atoms in total. The van der Waals surface area contributed by atoms with Crippen molar-refractivity contribution in [1.82, 2.24) is 0 Å². The Bertz CT molecular complexity index is 338. The first-order valence-corrected chi connectivity index (χ1v) is 5.72. The zero-order valence-electron chi connectivity index (χ0n) is 9.24. The third-order valence-corrected chi connectivity index (χ3v) is 3.18. The second-order valence-electron chi connectivity index (χ2n) is 4.58. The maximum atomic E-state index is 9.18. The van der Waals surface area contributed by atoms with Crippen LogP contribution in [0, 0.1) is 5.92 Å². The number of phenolic OH excluding ortho intramolecular Hbond substituents is 1. The SMILES string of the molecule is CC1CCC(=Cc2ccc(O)cc2)CC1. The summed E-state index contributed by atoms with van der Waals surface area (Å²) in [4.78, 5) is 0. The predicted octanol–water partition coefficient (Wildman–Crippen LogP) is 3.99. The number of aromatic hydroxyl groups is 1. The average molecular weight is 202 g/mol. The summed E-state index contributed by atoms with van der Waals surface area (Å²) in [7, 11) is 0. The Hall–Kier alpha value is -1.24. The number of allylic oxidation sites excluding steroid dienone is 1. The molecule has 15 heavy (non-hydrogen) atoms. The fourth-order valence-corrected chi connectivity index (χ4v) is 2.08. The Balaban J connectivity index is 2.06. The molecule has 0 aliphatic heterocycles. The van der Waals surface area contributed by atoms with Gasteiger partial charge in [0, 0.05) is 0 Å². The molecule has 0 unspecified atom stereocenters. The highest BCUT2D eigenvalue weighted by atomic mass is 16.3. The van der Waals surface area contributed by atoms with Crippen molar-refractivity contribution >= 4 is 6.08 Å². The fraction of sp³-hybridized carbons (Fsp3) is 0.429. The molecule has 1 heteroatoms. The van der Waals surface area contributed by atoms with E-state index in [9.17, 15) is 5.11 Å². The molecular formula is C14H18O. The highest BCUT2D eigenvalue weighted by Gasteiger charge is 2.11. The molecule has 2 rings (SSSR count). The fourth-order valence-electron chi connectivity index (χ4n) is 2.08. The van der Waals surface area contributed by atoms with Crippen molar-refractivity contribution < 1.29 is 5.11 Å². The van der Waals surface area contributed by atoms with Gasteiger partial charge in [0.25, 0.3) is 0 Å². The molecule has 1 fully saturated rings. The number of benzene rings is 1. The van der Waals surface area contributed by atoms with Crippen LogP contribution in [0.15, 0.2) is 29.8 Å². The molecule has 1 saturated carbocycles. The minimum absolute atomic E-state index is 0.342. The Morgan fingerprint density at radius 3 is 2.33 bits per heavy atom. The van der Waals surface area contributed by atoms with Crippen LogP contribution in [0.3, 0.4) is 0 Å². The third-order valence-electron chi connectivity index (χ3n) is 3.18. The number of hydrogen-bond donors (Lipinski definition) is 1. The van der Waals surface area contributed by atoms with Crippen LogP contribution in [-0.2, 0) is 0 Å². The molecule has 0 amide bonds. The maximum Gasteiger partial charge on any atom is 0.115 e. The first kappa shape index (κ1) is 10.3. The van der Waals surface area contributed by atoms with Gasteiger partial charge in [-0.3, -0.25) is 0 Å². The molecule has 1 aliphatic rings. The second-order valence-corrected chi connectivity index (χ2v) is 4.58. The van der Waals surface area contributed by atoms with Gasteiger partial charge < -0.3 is 5.11 Å². The summed E-state index contributed by atoms with van der Waals surface area (Å²) in [6.45, 7) is 2.33. The van der Waals surface area contributed by atoms with E-state index in [0.717, 1.165) is 5.92 Å². The van der Waals surface area contributed by atoms with Gasteiger partial charge in [0.15, 0.2) is 0 Å². The summed E-state index contributed by atoms with van der Waals surface area (Å²) in [5, 5.41) is 9.18. The van der Waals surface area contributed by atoms with Gasteiger partial charge in [0.05, 0.1) is 0 Å². The summed E-state index contributed by atoms with van der Waals surface area (Å²) in [6.07, 6.45) is 7.39. The lowest BCUT2D eigenvalue weighted by molar-refractivity contribution is 0.446. The lowest BCUT2D eigenvalue weighted by Crippen LogP contribution is -2.03. The molecule has 1 aromatic rings. The molecule has 0 atom stereocenters. The molecule has 0 aromatic heterocycles. The van der Waals surface area contributed by atoms with Crippen LogP contribution < -0.4 is 0 Å². The van der Waals surface area contributed by atoms with Gasteiger partial charge in [0.1, 0.15) is 5.75 Å². The van der Waals surface area contributed by atoms with Crippen LogP contribution in [0.5, 0.6) is 5.75 Å². The van der Waals surface area contributed by atoms with Crippen molar-refractivity contribution in [2.75, 3.05) is 0 Å². The molecular weight excluding hydrogens is 184 g/mol. The van der Waals surface area contributed by atoms with Gasteiger partial charge in [0.2, 0.25) is 0 Å². The van der Waals surface area contributed by atoms with E-state index in [1.165, 1.54) is 31.2 Å². The van der Waals surface area contributed by atoms with E-state index in [1.807, 2.05) is 12.1 Å². The van der Waals surface area contributed by atoms with Crippen molar-refractivity contribution in [3.05, 3.63) is 35.4 Å². The van der Waals surface area contributed by atoms with Crippen molar-refractivity contribution in [1.29, 1.82) is 0 Å². The molecule has 0 bridgehead atoms. The van der Waals surface area contributed by atoms with Gasteiger partial charge in [-0.15, -0.1) is 0 Å². The van der Waals surface area contributed by atoms with E-state index in [1.54, 1.807) is 17.7 Å². The summed E-state index contributed by atoms with van der Waals surface area (Å²) in [5.41, 5.74) is 2.76. The Morgan fingerprint density at radius 2 is 1.73 bits per heavy atom. The minimum atomic E-state index is 0.342. The van der Waals surface area contributed by atoms with Crippen LogP contribution >= 0.6 is 0 Å². The van der Waals surface area contributed by atoms with Crippen LogP contribution in [0.4, 0.5) is 0 Å². The summed E-state index contributed by atoms with van der Waals surface area (Å²) >= 11 is 0. The molecule has 1 aromatic carbocycles. The van der Waals surface area contributed by atoms with Crippen LogP contribution in [0.2, 0.25) is 0 Å². The molecule has 0 heterocycles. The number of rotatable bonds is 1. The van der Waals surface area contributed by atoms with E-state index in [2.05, 4.69) is 13.0 Å². The van der Waals surface area contributed by atoms with Crippen molar-refractivity contribution in [3.63, 3.8) is 0 Å². The topological polar surface area (TPSA) is 20.2 Å². The summed E-state index contributed by atoms with van der Waals surface area (Å²) in [6, 6.07) is 7.44. The zero-order chi connectivity index (χ0) is 10.7. The minimum Gasteiger partial charge on any atom is -0.508 e. The van der Waals surface area contributed by atoms with Gasteiger partial charge in [-0.1, -0.05) is 30.7 Å². The van der Waals surface area contributed by atoms with Crippen LogP contribution in [0.25, 0.3) is 6.08 Å². The highest BCUT2D eigenvalue weighted by Crippen LogP contribution is 2.29. The molecule has 1 aliphatic carbocycles. The second kappa shape index (κ2) is 4.52.